The number of carbonyl (C=O) groups is 1. The standard InChI is InChI=1S/C12H23NOS/c1-9(2)5-4-6-10(3)13-8-11(15)7-12(13)14/h9-11,15H,4-8H2,1-3H3. The molecule has 88 valence electrons. The molecule has 0 N–H and O–H groups in total. The smallest absolute Gasteiger partial charge is 0.224 e. The summed E-state index contributed by atoms with van der Waals surface area (Å²) < 4.78 is 0. The van der Waals surface area contributed by atoms with Crippen LogP contribution in [-0.4, -0.2) is 28.6 Å². The lowest BCUT2D eigenvalue weighted by Crippen LogP contribution is -2.34. The SMILES string of the molecule is CC(C)CCCC(C)N1CC(S)CC1=O. The average Bonchev–Trinajstić information content (AvgIpc) is 2.44. The van der Waals surface area contributed by atoms with E-state index in [9.17, 15) is 4.79 Å². The van der Waals surface area contributed by atoms with Gasteiger partial charge in [0.2, 0.25) is 5.91 Å². The van der Waals surface area contributed by atoms with Gasteiger partial charge in [0.15, 0.2) is 0 Å². The Labute approximate surface area is 98.8 Å². The molecule has 1 rings (SSSR count). The van der Waals surface area contributed by atoms with Gasteiger partial charge in [-0.15, -0.1) is 0 Å². The van der Waals surface area contributed by atoms with Gasteiger partial charge in [0.1, 0.15) is 0 Å². The molecule has 1 fully saturated rings. The van der Waals surface area contributed by atoms with E-state index in [2.05, 4.69) is 33.4 Å². The first-order chi connectivity index (χ1) is 7.00. The molecule has 2 unspecified atom stereocenters. The number of hydrogen-bond acceptors (Lipinski definition) is 2. The van der Waals surface area contributed by atoms with Gasteiger partial charge in [-0.25, -0.2) is 0 Å². The fourth-order valence-corrected chi connectivity index (χ4v) is 2.45. The maximum atomic E-state index is 11.6. The molecular weight excluding hydrogens is 206 g/mol. The molecule has 0 saturated carbocycles. The third-order valence-electron chi connectivity index (χ3n) is 3.07. The number of thiol groups is 1. The normalized spacial score (nSPS) is 23.9. The highest BCUT2D eigenvalue weighted by molar-refractivity contribution is 7.81. The van der Waals surface area contributed by atoms with Gasteiger partial charge in [-0.1, -0.05) is 26.7 Å². The zero-order valence-corrected chi connectivity index (χ0v) is 11.0. The lowest BCUT2D eigenvalue weighted by Gasteiger charge is -2.24. The molecule has 15 heavy (non-hydrogen) atoms. The van der Waals surface area contributed by atoms with Gasteiger partial charge < -0.3 is 4.90 Å². The Morgan fingerprint density at radius 2 is 2.07 bits per heavy atom. The number of hydrogen-bond donors (Lipinski definition) is 1. The molecule has 1 heterocycles. The molecule has 3 heteroatoms. The summed E-state index contributed by atoms with van der Waals surface area (Å²) in [7, 11) is 0. The molecule has 0 aromatic heterocycles. The average molecular weight is 229 g/mol. The van der Waals surface area contributed by atoms with Crippen LogP contribution in [0.1, 0.15) is 46.5 Å². The van der Waals surface area contributed by atoms with Gasteiger partial charge in [-0.3, -0.25) is 4.79 Å². The Kier molecular flexibility index (Phi) is 4.97. The van der Waals surface area contributed by atoms with Gasteiger partial charge >= 0.3 is 0 Å². The fraction of sp³-hybridized carbons (Fsp3) is 0.917. The molecule has 2 atom stereocenters. The van der Waals surface area contributed by atoms with Crippen molar-refractivity contribution in [2.75, 3.05) is 6.54 Å². The van der Waals surface area contributed by atoms with E-state index in [0.29, 0.717) is 12.5 Å². The predicted molar refractivity (Wildman–Crippen MR) is 67.3 cm³/mol. The summed E-state index contributed by atoms with van der Waals surface area (Å²) in [6.07, 6.45) is 4.23. The van der Waals surface area contributed by atoms with Crippen LogP contribution in [-0.2, 0) is 4.79 Å². The predicted octanol–water partition coefficient (Wildman–Crippen LogP) is 2.73. The Morgan fingerprint density at radius 3 is 2.53 bits per heavy atom. The van der Waals surface area contributed by atoms with Crippen LogP contribution in [0.15, 0.2) is 0 Å². The Bertz CT molecular complexity index is 218. The Morgan fingerprint density at radius 1 is 1.40 bits per heavy atom. The van der Waals surface area contributed by atoms with Gasteiger partial charge in [0, 0.05) is 24.3 Å². The van der Waals surface area contributed by atoms with Crippen LogP contribution in [0.3, 0.4) is 0 Å². The van der Waals surface area contributed by atoms with Gasteiger partial charge in [0.25, 0.3) is 0 Å². The molecule has 1 amide bonds. The highest BCUT2D eigenvalue weighted by Gasteiger charge is 2.30. The number of rotatable bonds is 5. The molecule has 0 aromatic carbocycles. The summed E-state index contributed by atoms with van der Waals surface area (Å²) >= 11 is 4.37. The molecule has 1 saturated heterocycles. The third-order valence-corrected chi connectivity index (χ3v) is 3.42. The van der Waals surface area contributed by atoms with E-state index in [1.54, 1.807) is 0 Å². The van der Waals surface area contributed by atoms with E-state index in [1.807, 2.05) is 4.90 Å². The van der Waals surface area contributed by atoms with Gasteiger partial charge in [0.05, 0.1) is 0 Å². The van der Waals surface area contributed by atoms with E-state index in [-0.39, 0.29) is 11.2 Å². The largest absolute Gasteiger partial charge is 0.339 e. The van der Waals surface area contributed by atoms with Crippen LogP contribution in [0.2, 0.25) is 0 Å². The van der Waals surface area contributed by atoms with Crippen LogP contribution in [0.25, 0.3) is 0 Å². The van der Waals surface area contributed by atoms with Crippen molar-refractivity contribution in [3.8, 4) is 0 Å². The van der Waals surface area contributed by atoms with Crippen molar-refractivity contribution in [1.82, 2.24) is 4.90 Å². The molecule has 0 aromatic rings. The summed E-state index contributed by atoms with van der Waals surface area (Å²) in [6, 6.07) is 0.397. The van der Waals surface area contributed by atoms with Crippen molar-refractivity contribution in [2.45, 2.75) is 57.7 Å². The van der Waals surface area contributed by atoms with Crippen LogP contribution in [0.4, 0.5) is 0 Å². The van der Waals surface area contributed by atoms with E-state index in [1.165, 1.54) is 12.8 Å². The minimum absolute atomic E-state index is 0.255. The summed E-state index contributed by atoms with van der Waals surface area (Å²) in [5.41, 5.74) is 0. The first-order valence-corrected chi connectivity index (χ1v) is 6.50. The maximum Gasteiger partial charge on any atom is 0.224 e. The van der Waals surface area contributed by atoms with E-state index in [4.69, 9.17) is 0 Å². The number of nitrogens with zero attached hydrogens (tertiary/aromatic N) is 1. The number of likely N-dealkylation sites (tertiary alicyclic amines) is 1. The topological polar surface area (TPSA) is 20.3 Å². The Hall–Kier alpha value is -0.180. The lowest BCUT2D eigenvalue weighted by molar-refractivity contribution is -0.129. The van der Waals surface area contributed by atoms with Crippen molar-refractivity contribution in [1.29, 1.82) is 0 Å². The summed E-state index contributed by atoms with van der Waals surface area (Å²) in [5.74, 6) is 1.05. The van der Waals surface area contributed by atoms with Crippen molar-refractivity contribution in [3.63, 3.8) is 0 Å². The minimum atomic E-state index is 0.255. The molecule has 1 aliphatic rings. The fourth-order valence-electron chi connectivity index (χ4n) is 2.12. The highest BCUT2D eigenvalue weighted by atomic mass is 32.1. The minimum Gasteiger partial charge on any atom is -0.339 e. The Balaban J connectivity index is 2.27. The molecule has 0 radical (unpaired) electrons. The second kappa shape index (κ2) is 5.78. The maximum absolute atomic E-state index is 11.6. The number of amides is 1. The molecular formula is C12H23NOS. The zero-order chi connectivity index (χ0) is 11.4. The van der Waals surface area contributed by atoms with Crippen molar-refractivity contribution in [2.24, 2.45) is 5.92 Å². The van der Waals surface area contributed by atoms with Crippen molar-refractivity contribution < 1.29 is 4.79 Å². The quantitative estimate of drug-likeness (QED) is 0.719. The molecule has 0 bridgehead atoms. The second-order valence-corrected chi connectivity index (χ2v) is 5.81. The highest BCUT2D eigenvalue weighted by Crippen LogP contribution is 2.21. The summed E-state index contributed by atoms with van der Waals surface area (Å²) in [4.78, 5) is 13.6. The van der Waals surface area contributed by atoms with E-state index in [0.717, 1.165) is 18.9 Å². The number of carbonyl (C=O) groups excluding carboxylic acids is 1. The summed E-state index contributed by atoms with van der Waals surface area (Å²) in [6.45, 7) is 7.49. The van der Waals surface area contributed by atoms with Gasteiger partial charge in [-0.05, 0) is 19.3 Å². The van der Waals surface area contributed by atoms with Gasteiger partial charge in [-0.2, -0.15) is 12.6 Å². The zero-order valence-electron chi connectivity index (χ0n) is 10.1. The first kappa shape index (κ1) is 12.9. The van der Waals surface area contributed by atoms with Crippen LogP contribution in [0.5, 0.6) is 0 Å². The van der Waals surface area contributed by atoms with Crippen molar-refractivity contribution >= 4 is 18.5 Å². The van der Waals surface area contributed by atoms with E-state index < -0.39 is 0 Å². The lowest BCUT2D eigenvalue weighted by atomic mass is 10.0. The monoisotopic (exact) mass is 229 g/mol. The van der Waals surface area contributed by atoms with E-state index >= 15 is 0 Å². The second-order valence-electron chi connectivity index (χ2n) is 5.08. The summed E-state index contributed by atoms with van der Waals surface area (Å²) in [5, 5.41) is 0.255. The molecule has 2 nitrogen and oxygen atoms in total. The molecule has 0 spiro atoms. The van der Waals surface area contributed by atoms with Crippen LogP contribution in [0, 0.1) is 5.92 Å². The van der Waals surface area contributed by atoms with Crippen LogP contribution >= 0.6 is 12.6 Å². The third kappa shape index (κ3) is 4.06. The van der Waals surface area contributed by atoms with Crippen molar-refractivity contribution in [3.05, 3.63) is 0 Å². The molecule has 0 aliphatic carbocycles. The molecule has 1 aliphatic heterocycles. The van der Waals surface area contributed by atoms with Crippen LogP contribution < -0.4 is 0 Å². The first-order valence-electron chi connectivity index (χ1n) is 5.98.